The lowest BCUT2D eigenvalue weighted by molar-refractivity contribution is -0.159. The monoisotopic (exact) mass is 207 g/mol. The molecule has 0 saturated carbocycles. The van der Waals surface area contributed by atoms with Crippen molar-refractivity contribution >= 4 is 34.8 Å². The van der Waals surface area contributed by atoms with Crippen LogP contribution in [0.5, 0.6) is 0 Å². The minimum absolute atomic E-state index is 0.185. The second-order valence-corrected chi connectivity index (χ2v) is 2.68. The molecule has 0 spiro atoms. The quantitative estimate of drug-likeness (QED) is 0.441. The van der Waals surface area contributed by atoms with E-state index in [0.717, 1.165) is 11.8 Å². The minimum atomic E-state index is -1.82. The van der Waals surface area contributed by atoms with Crippen LogP contribution >= 0.6 is 11.8 Å². The molecule has 1 heterocycles. The number of hydrogen-bond donors (Lipinski definition) is 3. The van der Waals surface area contributed by atoms with E-state index < -0.39 is 11.9 Å². The molecule has 0 radical (unpaired) electrons. The van der Waals surface area contributed by atoms with Crippen molar-refractivity contribution in [3.05, 3.63) is 0 Å². The van der Waals surface area contributed by atoms with Crippen LogP contribution in [0.3, 0.4) is 0 Å². The lowest BCUT2D eigenvalue weighted by Gasteiger charge is -1.77. The molecule has 1 fully saturated rings. The van der Waals surface area contributed by atoms with E-state index in [2.05, 4.69) is 5.32 Å². The van der Waals surface area contributed by atoms with Crippen molar-refractivity contribution in [1.29, 1.82) is 0 Å². The van der Waals surface area contributed by atoms with Crippen LogP contribution in [0.2, 0.25) is 0 Å². The molecule has 0 bridgehead atoms. The van der Waals surface area contributed by atoms with Crippen LogP contribution in [0.1, 0.15) is 0 Å². The van der Waals surface area contributed by atoms with Crippen molar-refractivity contribution < 1.29 is 29.4 Å². The van der Waals surface area contributed by atoms with Crippen molar-refractivity contribution in [2.45, 2.75) is 0 Å². The molecule has 8 heteroatoms. The first-order valence-electron chi connectivity index (χ1n) is 2.86. The van der Waals surface area contributed by atoms with Gasteiger partial charge in [0.25, 0.3) is 5.24 Å². The molecular weight excluding hydrogens is 202 g/mol. The van der Waals surface area contributed by atoms with E-state index >= 15 is 0 Å². The molecular formula is C5H5NO6S. The molecule has 0 aromatic carbocycles. The number of hydrogen-bond acceptors (Lipinski definition) is 5. The fraction of sp³-hybridized carbons (Fsp3) is 0.200. The van der Waals surface area contributed by atoms with Gasteiger partial charge in [-0.05, 0) is 0 Å². The fourth-order valence-electron chi connectivity index (χ4n) is 0.317. The van der Waals surface area contributed by atoms with Gasteiger partial charge in [0.15, 0.2) is 0 Å². The molecule has 0 aliphatic carbocycles. The number of thioether (sulfide) groups is 1. The average molecular weight is 207 g/mol. The van der Waals surface area contributed by atoms with E-state index in [0.29, 0.717) is 5.75 Å². The van der Waals surface area contributed by atoms with Gasteiger partial charge in [0.2, 0.25) is 5.91 Å². The first-order valence-corrected chi connectivity index (χ1v) is 3.85. The van der Waals surface area contributed by atoms with Gasteiger partial charge in [0, 0.05) is 0 Å². The molecule has 0 aromatic heterocycles. The molecule has 1 aliphatic heterocycles. The molecule has 1 rings (SSSR count). The first kappa shape index (κ1) is 11.4. The lowest BCUT2D eigenvalue weighted by atomic mass is 10.7. The maximum absolute atomic E-state index is 10.1. The zero-order valence-corrected chi connectivity index (χ0v) is 6.96. The van der Waals surface area contributed by atoms with Crippen LogP contribution in [0, 0.1) is 0 Å². The molecule has 7 nitrogen and oxygen atoms in total. The van der Waals surface area contributed by atoms with Crippen LogP contribution in [0.25, 0.3) is 0 Å². The number of carboxylic acids is 2. The fourth-order valence-corrected chi connectivity index (χ4v) is 0.837. The molecule has 13 heavy (non-hydrogen) atoms. The summed E-state index contributed by atoms with van der Waals surface area (Å²) in [6, 6.07) is 0. The number of amides is 2. The van der Waals surface area contributed by atoms with E-state index in [1.54, 1.807) is 0 Å². The Labute approximate surface area is 76.1 Å². The molecule has 0 unspecified atom stereocenters. The smallest absolute Gasteiger partial charge is 0.414 e. The Kier molecular flexibility index (Phi) is 4.52. The van der Waals surface area contributed by atoms with Crippen molar-refractivity contribution in [2.24, 2.45) is 0 Å². The van der Waals surface area contributed by atoms with Crippen LogP contribution in [-0.2, 0) is 14.4 Å². The summed E-state index contributed by atoms with van der Waals surface area (Å²) >= 11 is 1.01. The standard InChI is InChI=1S/C3H3NO2S.C2H2O4/c5-2-1-7-3(6)4-2;3-1(4)2(5)6/h1H2,(H,4,5,6);(H,3,4)(H,5,6). The average Bonchev–Trinajstić information content (AvgIpc) is 2.35. The molecule has 2 amide bonds. The van der Waals surface area contributed by atoms with Gasteiger partial charge in [-0.1, -0.05) is 11.8 Å². The summed E-state index contributed by atoms with van der Waals surface area (Å²) in [5.41, 5.74) is 0. The van der Waals surface area contributed by atoms with Gasteiger partial charge in [-0.25, -0.2) is 9.59 Å². The molecule has 0 atom stereocenters. The number of rotatable bonds is 0. The Hall–Kier alpha value is -1.57. The van der Waals surface area contributed by atoms with Gasteiger partial charge in [-0.2, -0.15) is 0 Å². The Morgan fingerprint density at radius 3 is 1.77 bits per heavy atom. The number of nitrogens with one attached hydrogen (secondary N) is 1. The maximum Gasteiger partial charge on any atom is 0.414 e. The van der Waals surface area contributed by atoms with E-state index in [9.17, 15) is 9.59 Å². The molecule has 0 aromatic rings. The van der Waals surface area contributed by atoms with Crippen molar-refractivity contribution in [2.75, 3.05) is 5.75 Å². The second-order valence-electron chi connectivity index (χ2n) is 1.73. The Morgan fingerprint density at radius 1 is 1.23 bits per heavy atom. The summed E-state index contributed by atoms with van der Waals surface area (Å²) in [6.45, 7) is 0. The highest BCUT2D eigenvalue weighted by molar-refractivity contribution is 8.14. The summed E-state index contributed by atoms with van der Waals surface area (Å²) in [5.74, 6) is -3.54. The van der Waals surface area contributed by atoms with Gasteiger partial charge < -0.3 is 10.2 Å². The van der Waals surface area contributed by atoms with E-state index in [1.807, 2.05) is 0 Å². The Morgan fingerprint density at radius 2 is 1.69 bits per heavy atom. The second kappa shape index (κ2) is 5.14. The van der Waals surface area contributed by atoms with E-state index in [1.165, 1.54) is 0 Å². The number of carbonyl (C=O) groups is 4. The van der Waals surface area contributed by atoms with Gasteiger partial charge in [-0.15, -0.1) is 0 Å². The van der Waals surface area contributed by atoms with Gasteiger partial charge in [0.05, 0.1) is 5.75 Å². The zero-order chi connectivity index (χ0) is 10.4. The van der Waals surface area contributed by atoms with Crippen LogP contribution in [-0.4, -0.2) is 39.1 Å². The Balaban J connectivity index is 0.000000226. The predicted molar refractivity (Wildman–Crippen MR) is 41.3 cm³/mol. The van der Waals surface area contributed by atoms with E-state index in [-0.39, 0.29) is 11.1 Å². The van der Waals surface area contributed by atoms with Gasteiger partial charge >= 0.3 is 11.9 Å². The highest BCUT2D eigenvalue weighted by Crippen LogP contribution is 2.06. The number of carboxylic acid groups (broad SMARTS) is 2. The summed E-state index contributed by atoms with van der Waals surface area (Å²) in [7, 11) is 0. The third-order valence-corrected chi connectivity index (χ3v) is 1.53. The SMILES string of the molecule is O=C(O)C(=O)O.O=C1CSC(=O)N1. The number of carbonyl (C=O) groups excluding carboxylic acids is 2. The number of imide groups is 1. The summed E-state index contributed by atoms with van der Waals surface area (Å²) in [4.78, 5) is 38.4. The predicted octanol–water partition coefficient (Wildman–Crippen LogP) is -0.875. The van der Waals surface area contributed by atoms with Crippen LogP contribution in [0.4, 0.5) is 4.79 Å². The highest BCUT2D eigenvalue weighted by Gasteiger charge is 2.16. The largest absolute Gasteiger partial charge is 0.473 e. The van der Waals surface area contributed by atoms with Gasteiger partial charge in [0.1, 0.15) is 0 Å². The van der Waals surface area contributed by atoms with Crippen LogP contribution in [0.15, 0.2) is 0 Å². The summed E-state index contributed by atoms with van der Waals surface area (Å²) in [5, 5.41) is 16.7. The van der Waals surface area contributed by atoms with E-state index in [4.69, 9.17) is 19.8 Å². The van der Waals surface area contributed by atoms with Crippen molar-refractivity contribution in [3.8, 4) is 0 Å². The molecule has 72 valence electrons. The van der Waals surface area contributed by atoms with Crippen LogP contribution < -0.4 is 5.32 Å². The number of aliphatic carboxylic acids is 2. The third kappa shape index (κ3) is 5.67. The summed E-state index contributed by atoms with van der Waals surface area (Å²) < 4.78 is 0. The summed E-state index contributed by atoms with van der Waals surface area (Å²) in [6.07, 6.45) is 0. The Bertz CT molecular complexity index is 236. The third-order valence-electron chi connectivity index (χ3n) is 0.759. The normalized spacial score (nSPS) is 14.2. The topological polar surface area (TPSA) is 121 Å². The molecule has 3 N–H and O–H groups in total. The maximum atomic E-state index is 10.1. The van der Waals surface area contributed by atoms with Gasteiger partial charge in [-0.3, -0.25) is 14.9 Å². The first-order chi connectivity index (χ1) is 5.93. The van der Waals surface area contributed by atoms with Crippen molar-refractivity contribution in [1.82, 2.24) is 5.32 Å². The highest BCUT2D eigenvalue weighted by atomic mass is 32.2. The molecule has 1 saturated heterocycles. The zero-order valence-electron chi connectivity index (χ0n) is 6.14. The van der Waals surface area contributed by atoms with Crippen molar-refractivity contribution in [3.63, 3.8) is 0 Å². The lowest BCUT2D eigenvalue weighted by Crippen LogP contribution is -2.18. The minimum Gasteiger partial charge on any atom is -0.473 e. The molecule has 1 aliphatic rings.